The van der Waals surface area contributed by atoms with Crippen LogP contribution in [0.25, 0.3) is 0 Å². The van der Waals surface area contributed by atoms with Crippen molar-refractivity contribution in [2.75, 3.05) is 9.80 Å². The molecule has 3 heteroatoms. The number of rotatable bonds is 2. The normalized spacial score (nSPS) is 14.9. The number of benzene rings is 5. The number of hydrogen-bond acceptors (Lipinski definition) is 2. The Kier molecular flexibility index (Phi) is 5.03. The fourth-order valence-electron chi connectivity index (χ4n) is 7.29. The van der Waals surface area contributed by atoms with Crippen LogP contribution in [-0.2, 0) is 12.8 Å². The topological polar surface area (TPSA) is 6.48 Å². The van der Waals surface area contributed by atoms with Gasteiger partial charge in [0, 0.05) is 34.1 Å². The van der Waals surface area contributed by atoms with Crippen molar-refractivity contribution in [1.29, 1.82) is 0 Å². The highest BCUT2D eigenvalue weighted by atomic mass is 15.2. The van der Waals surface area contributed by atoms with Crippen molar-refractivity contribution >= 4 is 57.2 Å². The van der Waals surface area contributed by atoms with Gasteiger partial charge in [0.1, 0.15) is 0 Å². The molecule has 2 heterocycles. The number of hydrogen-bond donors (Lipinski definition) is 0. The summed E-state index contributed by atoms with van der Waals surface area (Å²) in [6, 6.07) is 38.8. The van der Waals surface area contributed by atoms with Gasteiger partial charge in [-0.3, -0.25) is 0 Å². The molecule has 0 amide bonds. The van der Waals surface area contributed by atoms with Gasteiger partial charge < -0.3 is 9.80 Å². The molecule has 0 bridgehead atoms. The van der Waals surface area contributed by atoms with Crippen LogP contribution >= 0.6 is 0 Å². The summed E-state index contributed by atoms with van der Waals surface area (Å²) in [4.78, 5) is 5.08. The highest BCUT2D eigenvalue weighted by Crippen LogP contribution is 2.46. The molecule has 2 nitrogen and oxygen atoms in total. The number of nitrogens with zero attached hydrogens (tertiary/aromatic N) is 2. The monoisotopic (exact) mass is 502 g/mol. The Hall–Kier alpha value is -4.24. The number of aryl methyl sites for hydroxylation is 3. The molecule has 0 fully saturated rings. The van der Waals surface area contributed by atoms with Gasteiger partial charge in [-0.2, -0.15) is 0 Å². The first-order valence-electron chi connectivity index (χ1n) is 14.3. The molecule has 188 valence electrons. The molecule has 0 saturated heterocycles. The highest BCUT2D eigenvalue weighted by Gasteiger charge is 2.43. The van der Waals surface area contributed by atoms with Crippen LogP contribution < -0.4 is 26.2 Å². The molecule has 8 rings (SSSR count). The molecule has 5 aromatic carbocycles. The SMILES string of the molecule is Cc1ccc2c(c1)B1c3ccccc3N(c3cccc4c3CCCC4)c3cc(C)cc(c31)N2c1ccccc1. The fourth-order valence-corrected chi connectivity index (χ4v) is 7.29. The quantitative estimate of drug-likeness (QED) is 0.230. The van der Waals surface area contributed by atoms with Crippen molar-refractivity contribution in [1.82, 2.24) is 0 Å². The van der Waals surface area contributed by atoms with E-state index in [1.807, 2.05) is 0 Å². The summed E-state index contributed by atoms with van der Waals surface area (Å²) in [5, 5.41) is 0. The fraction of sp³-hybridized carbons (Fsp3) is 0.167. The summed E-state index contributed by atoms with van der Waals surface area (Å²) in [5.41, 5.74) is 17.6. The molecule has 0 spiro atoms. The van der Waals surface area contributed by atoms with Crippen LogP contribution in [-0.4, -0.2) is 6.71 Å². The maximum Gasteiger partial charge on any atom is 0.252 e. The van der Waals surface area contributed by atoms with E-state index in [9.17, 15) is 0 Å². The van der Waals surface area contributed by atoms with Gasteiger partial charge in [-0.25, -0.2) is 0 Å². The first kappa shape index (κ1) is 22.7. The van der Waals surface area contributed by atoms with Gasteiger partial charge in [0.15, 0.2) is 0 Å². The van der Waals surface area contributed by atoms with E-state index < -0.39 is 0 Å². The molecule has 0 aromatic heterocycles. The summed E-state index contributed by atoms with van der Waals surface area (Å²) in [5.74, 6) is 0. The minimum absolute atomic E-state index is 0.192. The Bertz CT molecular complexity index is 1760. The third-order valence-electron chi connectivity index (χ3n) is 8.90. The van der Waals surface area contributed by atoms with Crippen LogP contribution in [0.5, 0.6) is 0 Å². The van der Waals surface area contributed by atoms with Crippen molar-refractivity contribution in [3.8, 4) is 0 Å². The second kappa shape index (κ2) is 8.64. The molecule has 2 aliphatic heterocycles. The van der Waals surface area contributed by atoms with E-state index in [4.69, 9.17) is 0 Å². The molecule has 39 heavy (non-hydrogen) atoms. The van der Waals surface area contributed by atoms with E-state index in [0.717, 1.165) is 6.42 Å². The van der Waals surface area contributed by atoms with Gasteiger partial charge >= 0.3 is 0 Å². The van der Waals surface area contributed by atoms with Crippen molar-refractivity contribution in [3.05, 3.63) is 125 Å². The van der Waals surface area contributed by atoms with E-state index in [1.165, 1.54) is 92.0 Å². The van der Waals surface area contributed by atoms with E-state index in [-0.39, 0.29) is 6.71 Å². The van der Waals surface area contributed by atoms with Crippen LogP contribution in [0.15, 0.2) is 103 Å². The molecule has 0 saturated carbocycles. The van der Waals surface area contributed by atoms with Crippen LogP contribution in [0.4, 0.5) is 34.1 Å². The zero-order chi connectivity index (χ0) is 26.1. The zero-order valence-electron chi connectivity index (χ0n) is 22.6. The molecule has 5 aromatic rings. The van der Waals surface area contributed by atoms with Crippen molar-refractivity contribution < 1.29 is 0 Å². The molecule has 0 atom stereocenters. The molecule has 0 unspecified atom stereocenters. The molecular formula is C36H31BN2. The summed E-state index contributed by atoms with van der Waals surface area (Å²) in [6.45, 7) is 4.66. The van der Waals surface area contributed by atoms with E-state index >= 15 is 0 Å². The van der Waals surface area contributed by atoms with Crippen LogP contribution in [0, 0.1) is 13.8 Å². The second-order valence-electron chi connectivity index (χ2n) is 11.4. The number of para-hydroxylation sites is 2. The Morgan fingerprint density at radius 2 is 1.26 bits per heavy atom. The standard InChI is InChI=1S/C36H31BN2/c1-24-19-20-33-30(21-24)37-29-16-8-9-17-32(29)39(31-18-10-12-26-11-6-7-15-28(26)31)35-23-25(2)22-34(36(35)37)38(33)27-13-4-3-5-14-27/h3-5,8-10,12-14,16-23H,6-7,11,15H2,1-2H3. The minimum atomic E-state index is 0.192. The third kappa shape index (κ3) is 3.36. The maximum absolute atomic E-state index is 2.59. The average Bonchev–Trinajstić information content (AvgIpc) is 2.97. The van der Waals surface area contributed by atoms with Crippen LogP contribution in [0.1, 0.15) is 35.1 Å². The molecule has 3 aliphatic rings. The Labute approximate surface area is 231 Å². The van der Waals surface area contributed by atoms with Crippen molar-refractivity contribution in [3.63, 3.8) is 0 Å². The van der Waals surface area contributed by atoms with Crippen LogP contribution in [0.2, 0.25) is 0 Å². The molecular weight excluding hydrogens is 471 g/mol. The Morgan fingerprint density at radius 3 is 2.13 bits per heavy atom. The number of fused-ring (bicyclic) bond motifs is 5. The van der Waals surface area contributed by atoms with Crippen molar-refractivity contribution in [2.45, 2.75) is 39.5 Å². The number of anilines is 6. The lowest BCUT2D eigenvalue weighted by Gasteiger charge is -2.45. The summed E-state index contributed by atoms with van der Waals surface area (Å²) in [7, 11) is 0. The molecule has 1 aliphatic carbocycles. The first-order valence-corrected chi connectivity index (χ1v) is 14.3. The van der Waals surface area contributed by atoms with Gasteiger partial charge in [-0.1, -0.05) is 66.2 Å². The zero-order valence-corrected chi connectivity index (χ0v) is 22.6. The van der Waals surface area contributed by atoms with Gasteiger partial charge in [0.05, 0.1) is 0 Å². The van der Waals surface area contributed by atoms with Gasteiger partial charge in [-0.05, 0) is 115 Å². The predicted octanol–water partition coefficient (Wildman–Crippen LogP) is 7.26. The van der Waals surface area contributed by atoms with Gasteiger partial charge in [0.25, 0.3) is 6.71 Å². The van der Waals surface area contributed by atoms with E-state index in [2.05, 4.69) is 127 Å². The summed E-state index contributed by atoms with van der Waals surface area (Å²) >= 11 is 0. The third-order valence-corrected chi connectivity index (χ3v) is 8.90. The largest absolute Gasteiger partial charge is 0.311 e. The average molecular weight is 502 g/mol. The smallest absolute Gasteiger partial charge is 0.252 e. The summed E-state index contributed by atoms with van der Waals surface area (Å²) in [6.07, 6.45) is 4.89. The second-order valence-corrected chi connectivity index (χ2v) is 11.4. The summed E-state index contributed by atoms with van der Waals surface area (Å²) < 4.78 is 0. The minimum Gasteiger partial charge on any atom is -0.311 e. The van der Waals surface area contributed by atoms with E-state index in [1.54, 1.807) is 0 Å². The van der Waals surface area contributed by atoms with Crippen molar-refractivity contribution in [2.24, 2.45) is 0 Å². The van der Waals surface area contributed by atoms with E-state index in [0.29, 0.717) is 0 Å². The van der Waals surface area contributed by atoms with Crippen LogP contribution in [0.3, 0.4) is 0 Å². The lowest BCUT2D eigenvalue weighted by atomic mass is 9.33. The predicted molar refractivity (Wildman–Crippen MR) is 167 cm³/mol. The first-order chi connectivity index (χ1) is 19.2. The van der Waals surface area contributed by atoms with Gasteiger partial charge in [-0.15, -0.1) is 0 Å². The molecule has 0 N–H and O–H groups in total. The maximum atomic E-state index is 2.59. The Balaban J connectivity index is 1.48. The van der Waals surface area contributed by atoms with Gasteiger partial charge in [0.2, 0.25) is 0 Å². The lowest BCUT2D eigenvalue weighted by molar-refractivity contribution is 0.686. The molecule has 0 radical (unpaired) electrons. The highest BCUT2D eigenvalue weighted by molar-refractivity contribution is 7.00. The lowest BCUT2D eigenvalue weighted by Crippen LogP contribution is -2.61. The Morgan fingerprint density at radius 1 is 0.538 bits per heavy atom.